The van der Waals surface area contributed by atoms with Crippen molar-refractivity contribution in [1.82, 2.24) is 4.90 Å². The molecule has 7 unspecified atom stereocenters. The van der Waals surface area contributed by atoms with E-state index >= 15 is 0 Å². The highest BCUT2D eigenvalue weighted by atomic mass is 16.7. The molecule has 1 heterocycles. The van der Waals surface area contributed by atoms with Gasteiger partial charge in [-0.15, -0.1) is 0 Å². The van der Waals surface area contributed by atoms with Crippen LogP contribution in [0.5, 0.6) is 0 Å². The maximum Gasteiger partial charge on any atom is 0.289 e. The van der Waals surface area contributed by atoms with Gasteiger partial charge in [0.05, 0.1) is 24.5 Å². The van der Waals surface area contributed by atoms with Crippen LogP contribution in [0.15, 0.2) is 34.5 Å². The molecular formula is C30H43NO7. The number of rotatable bonds is 7. The van der Waals surface area contributed by atoms with Crippen molar-refractivity contribution in [3.63, 3.8) is 0 Å². The molecule has 38 heavy (non-hydrogen) atoms. The molecule has 2 N–H and O–H groups in total. The molecule has 0 saturated heterocycles. The van der Waals surface area contributed by atoms with Crippen LogP contribution in [0, 0.1) is 28.6 Å². The summed E-state index contributed by atoms with van der Waals surface area (Å²) in [6.45, 7) is 6.60. The van der Waals surface area contributed by atoms with Gasteiger partial charge in [0.1, 0.15) is 0 Å². The van der Waals surface area contributed by atoms with Crippen LogP contribution in [0.4, 0.5) is 0 Å². The zero-order chi connectivity index (χ0) is 27.5. The Balaban J connectivity index is 1.48. The van der Waals surface area contributed by atoms with Crippen LogP contribution >= 0.6 is 0 Å². The number of hydrogen-bond acceptors (Lipinski definition) is 7. The molecule has 5 rings (SSSR count). The van der Waals surface area contributed by atoms with Crippen molar-refractivity contribution in [3.8, 4) is 0 Å². The first kappa shape index (κ1) is 27.6. The third-order valence-corrected chi connectivity index (χ3v) is 11.1. The first-order valence-corrected chi connectivity index (χ1v) is 14.1. The quantitative estimate of drug-likeness (QED) is 0.515. The number of aliphatic hydroxyl groups excluding tert-OH is 1. The predicted molar refractivity (Wildman–Crippen MR) is 140 cm³/mol. The number of aliphatic hydroxyl groups is 2. The summed E-state index contributed by atoms with van der Waals surface area (Å²) < 4.78 is 16.4. The van der Waals surface area contributed by atoms with Crippen LogP contribution in [0.3, 0.4) is 0 Å². The lowest BCUT2D eigenvalue weighted by molar-refractivity contribution is -0.143. The van der Waals surface area contributed by atoms with E-state index in [4.69, 9.17) is 13.9 Å². The Morgan fingerprint density at radius 2 is 1.89 bits per heavy atom. The number of carbonyl (C=O) groups is 2. The van der Waals surface area contributed by atoms with Gasteiger partial charge in [0.2, 0.25) is 0 Å². The number of methoxy groups -OCH3 is 2. The van der Waals surface area contributed by atoms with Crippen LogP contribution in [-0.2, 0) is 14.3 Å². The highest BCUT2D eigenvalue weighted by Gasteiger charge is 2.66. The Labute approximate surface area is 225 Å². The molecule has 0 spiro atoms. The average Bonchev–Trinajstić information content (AvgIpc) is 3.52. The summed E-state index contributed by atoms with van der Waals surface area (Å²) in [4.78, 5) is 28.8. The minimum atomic E-state index is -1.12. The lowest BCUT2D eigenvalue weighted by Gasteiger charge is -2.60. The molecule has 0 bridgehead atoms. The molecule has 1 amide bonds. The summed E-state index contributed by atoms with van der Waals surface area (Å²) >= 11 is 0. The standard InChI is InChI=1S/C30H43NO7/c1-18(31(17-26(36-4)37-5)27(34)25-7-6-14-38-25)20-10-13-30(35)22-16-24(33)23-15-19(32)8-11-28(23,2)21(22)9-12-29(20,30)3/h6-7,14,16,18-21,23,26,32,35H,8-13,15,17H2,1-5H3/t18?,19?,20?,21?,23?,28?,29?,30-/m1/s1. The van der Waals surface area contributed by atoms with Crippen molar-refractivity contribution in [2.45, 2.75) is 89.8 Å². The predicted octanol–water partition coefficient (Wildman–Crippen LogP) is 3.96. The molecule has 4 aliphatic carbocycles. The van der Waals surface area contributed by atoms with E-state index in [-0.39, 0.29) is 53.2 Å². The number of ether oxygens (including phenoxy) is 2. The second-order valence-electron chi connectivity index (χ2n) is 12.6. The van der Waals surface area contributed by atoms with Gasteiger partial charge in [-0.25, -0.2) is 0 Å². The lowest BCUT2D eigenvalue weighted by Crippen LogP contribution is -2.60. The fourth-order valence-electron chi connectivity index (χ4n) is 8.73. The molecule has 1 aromatic rings. The van der Waals surface area contributed by atoms with Gasteiger partial charge in [0.25, 0.3) is 5.91 Å². The third kappa shape index (κ3) is 4.02. The normalized spacial score (nSPS) is 39.3. The molecule has 8 atom stereocenters. The van der Waals surface area contributed by atoms with E-state index in [0.29, 0.717) is 19.3 Å². The molecule has 4 aliphatic rings. The van der Waals surface area contributed by atoms with Crippen LogP contribution in [0.2, 0.25) is 0 Å². The Morgan fingerprint density at radius 3 is 2.55 bits per heavy atom. The van der Waals surface area contributed by atoms with E-state index in [0.717, 1.165) is 31.3 Å². The van der Waals surface area contributed by atoms with Gasteiger partial charge in [0, 0.05) is 31.6 Å². The zero-order valence-electron chi connectivity index (χ0n) is 23.3. The number of nitrogens with zero attached hydrogens (tertiary/aromatic N) is 1. The van der Waals surface area contributed by atoms with Gasteiger partial charge in [-0.2, -0.15) is 0 Å². The molecule has 3 saturated carbocycles. The van der Waals surface area contributed by atoms with E-state index in [1.54, 1.807) is 37.3 Å². The topological polar surface area (TPSA) is 109 Å². The van der Waals surface area contributed by atoms with Gasteiger partial charge < -0.3 is 29.0 Å². The summed E-state index contributed by atoms with van der Waals surface area (Å²) in [6, 6.07) is 3.12. The molecule has 3 fully saturated rings. The average molecular weight is 530 g/mol. The van der Waals surface area contributed by atoms with E-state index in [1.165, 1.54) is 6.26 Å². The van der Waals surface area contributed by atoms with Gasteiger partial charge in [0.15, 0.2) is 17.8 Å². The Bertz CT molecular complexity index is 1080. The number of allylic oxidation sites excluding steroid dienone is 1. The van der Waals surface area contributed by atoms with Crippen molar-refractivity contribution in [2.75, 3.05) is 20.8 Å². The van der Waals surface area contributed by atoms with E-state index < -0.39 is 23.4 Å². The Kier molecular flexibility index (Phi) is 7.16. The van der Waals surface area contributed by atoms with Gasteiger partial charge >= 0.3 is 0 Å². The minimum absolute atomic E-state index is 0.00330. The number of amides is 1. The summed E-state index contributed by atoms with van der Waals surface area (Å²) in [6.07, 6.45) is 7.17. The summed E-state index contributed by atoms with van der Waals surface area (Å²) in [5.74, 6) is -0.00946. The SMILES string of the molecule is COC(CN(C(=O)c1ccco1)C(C)C1CC[C@@]2(O)C3=CC(=O)C4CC(O)CCC4(C)C3CCC12C)OC. The van der Waals surface area contributed by atoms with E-state index in [1.807, 2.05) is 6.92 Å². The van der Waals surface area contributed by atoms with E-state index in [9.17, 15) is 19.8 Å². The highest BCUT2D eigenvalue weighted by molar-refractivity contribution is 5.95. The van der Waals surface area contributed by atoms with Crippen molar-refractivity contribution >= 4 is 11.7 Å². The maximum absolute atomic E-state index is 13.6. The molecule has 0 aliphatic heterocycles. The second kappa shape index (κ2) is 9.88. The largest absolute Gasteiger partial charge is 0.459 e. The molecule has 0 radical (unpaired) electrons. The molecule has 210 valence electrons. The number of fused-ring (bicyclic) bond motifs is 5. The smallest absolute Gasteiger partial charge is 0.289 e. The molecule has 1 aromatic heterocycles. The first-order chi connectivity index (χ1) is 18.0. The summed E-state index contributed by atoms with van der Waals surface area (Å²) in [5.41, 5.74) is -0.983. The third-order valence-electron chi connectivity index (χ3n) is 11.1. The number of furan rings is 1. The Hall–Kier alpha value is -2.00. The maximum atomic E-state index is 13.6. The number of hydrogen-bond donors (Lipinski definition) is 2. The molecular weight excluding hydrogens is 486 g/mol. The Morgan fingerprint density at radius 1 is 1.16 bits per heavy atom. The van der Waals surface area contributed by atoms with Crippen molar-refractivity contribution in [3.05, 3.63) is 35.8 Å². The summed E-state index contributed by atoms with van der Waals surface area (Å²) in [7, 11) is 3.10. The number of carbonyl (C=O) groups excluding carboxylic acids is 2. The van der Waals surface area contributed by atoms with Crippen molar-refractivity contribution < 1.29 is 33.7 Å². The first-order valence-electron chi connectivity index (χ1n) is 14.1. The van der Waals surface area contributed by atoms with Crippen LogP contribution in [-0.4, -0.2) is 71.6 Å². The van der Waals surface area contributed by atoms with E-state index in [2.05, 4.69) is 13.8 Å². The number of ketones is 1. The molecule has 8 heteroatoms. The van der Waals surface area contributed by atoms with Crippen molar-refractivity contribution in [1.29, 1.82) is 0 Å². The lowest BCUT2D eigenvalue weighted by atomic mass is 9.46. The summed E-state index contributed by atoms with van der Waals surface area (Å²) in [5, 5.41) is 22.8. The van der Waals surface area contributed by atoms with Crippen LogP contribution in [0.1, 0.15) is 76.3 Å². The monoisotopic (exact) mass is 529 g/mol. The van der Waals surface area contributed by atoms with Crippen LogP contribution in [0.25, 0.3) is 0 Å². The second-order valence-corrected chi connectivity index (χ2v) is 12.6. The fourth-order valence-corrected chi connectivity index (χ4v) is 8.73. The van der Waals surface area contributed by atoms with Crippen LogP contribution < -0.4 is 0 Å². The highest BCUT2D eigenvalue weighted by Crippen LogP contribution is 2.67. The minimum Gasteiger partial charge on any atom is -0.459 e. The van der Waals surface area contributed by atoms with Gasteiger partial charge in [-0.1, -0.05) is 13.8 Å². The van der Waals surface area contributed by atoms with Crippen molar-refractivity contribution in [2.24, 2.45) is 28.6 Å². The zero-order valence-corrected chi connectivity index (χ0v) is 23.3. The van der Waals surface area contributed by atoms with Gasteiger partial charge in [-0.05, 0) is 92.9 Å². The van der Waals surface area contributed by atoms with Gasteiger partial charge in [-0.3, -0.25) is 9.59 Å². The fraction of sp³-hybridized carbons (Fsp3) is 0.733. The molecule has 8 nitrogen and oxygen atoms in total. The molecule has 0 aromatic carbocycles.